The third-order valence-corrected chi connectivity index (χ3v) is 7.47. The van der Waals surface area contributed by atoms with E-state index in [1.807, 2.05) is 68.0 Å². The van der Waals surface area contributed by atoms with Crippen molar-refractivity contribution in [2.75, 3.05) is 23.9 Å². The summed E-state index contributed by atoms with van der Waals surface area (Å²) in [7, 11) is 1.50. The monoisotopic (exact) mass is 540 g/mol. The van der Waals surface area contributed by atoms with Gasteiger partial charge in [-0.15, -0.1) is 0 Å². The number of pyridine rings is 2. The van der Waals surface area contributed by atoms with Crippen LogP contribution in [0.2, 0.25) is 0 Å². The van der Waals surface area contributed by atoms with Crippen LogP contribution in [0.1, 0.15) is 45.9 Å². The van der Waals surface area contributed by atoms with Crippen LogP contribution in [0.15, 0.2) is 73.2 Å². The van der Waals surface area contributed by atoms with Gasteiger partial charge in [-0.3, -0.25) is 14.8 Å². The van der Waals surface area contributed by atoms with Gasteiger partial charge in [0.15, 0.2) is 5.11 Å². The molecule has 1 aliphatic rings. The van der Waals surface area contributed by atoms with Crippen LogP contribution in [0.3, 0.4) is 0 Å². The van der Waals surface area contributed by atoms with Crippen LogP contribution in [0.25, 0.3) is 0 Å². The van der Waals surface area contributed by atoms with Crippen molar-refractivity contribution >= 4 is 34.6 Å². The van der Waals surface area contributed by atoms with Crippen molar-refractivity contribution in [3.05, 3.63) is 107 Å². The lowest BCUT2D eigenvalue weighted by Crippen LogP contribution is -2.29. The molecule has 4 heterocycles. The van der Waals surface area contributed by atoms with Gasteiger partial charge in [-0.25, -0.2) is 0 Å². The minimum absolute atomic E-state index is 0.00423. The normalized spacial score (nSPS) is 16.8. The molecule has 3 aromatic heterocycles. The zero-order chi connectivity index (χ0) is 27.5. The molecule has 0 radical (unpaired) electrons. The fraction of sp³-hybridized carbons (Fsp3) is 0.267. The summed E-state index contributed by atoms with van der Waals surface area (Å²) in [5.74, 6) is -0.193. The Morgan fingerprint density at radius 2 is 1.87 bits per heavy atom. The fourth-order valence-electron chi connectivity index (χ4n) is 5.25. The lowest BCUT2D eigenvalue weighted by molar-refractivity contribution is -0.119. The summed E-state index contributed by atoms with van der Waals surface area (Å²) in [6.45, 7) is 7.04. The predicted octanol–water partition coefficient (Wildman–Crippen LogP) is 5.01. The Labute approximate surface area is 234 Å². The number of benzene rings is 1. The van der Waals surface area contributed by atoms with Gasteiger partial charge >= 0.3 is 0 Å². The van der Waals surface area contributed by atoms with E-state index in [9.17, 15) is 4.79 Å². The molecule has 1 aliphatic heterocycles. The maximum absolute atomic E-state index is 12.1. The number of carbonyl (C=O) groups excluding carboxylic acids is 1. The quantitative estimate of drug-likeness (QED) is 0.304. The minimum atomic E-state index is -0.193. The average Bonchev–Trinajstić information content (AvgIpc) is 3.42. The summed E-state index contributed by atoms with van der Waals surface area (Å²) in [6.07, 6.45) is 5.46. The molecule has 0 saturated carbocycles. The van der Waals surface area contributed by atoms with Gasteiger partial charge in [-0.05, 0) is 98.2 Å². The number of aromatic nitrogens is 3. The number of ether oxygens (including phenoxy) is 1. The summed E-state index contributed by atoms with van der Waals surface area (Å²) in [6, 6.07) is 18.0. The average molecular weight is 541 g/mol. The van der Waals surface area contributed by atoms with E-state index in [2.05, 4.69) is 56.0 Å². The summed E-state index contributed by atoms with van der Waals surface area (Å²) in [5, 5.41) is 7.09. The number of nitrogens with zero attached hydrogens (tertiary/aromatic N) is 4. The summed E-state index contributed by atoms with van der Waals surface area (Å²) >= 11 is 5.93. The zero-order valence-electron chi connectivity index (χ0n) is 22.5. The molecular formula is C30H32N6O2S. The molecule has 200 valence electrons. The van der Waals surface area contributed by atoms with Crippen LogP contribution >= 0.6 is 12.2 Å². The van der Waals surface area contributed by atoms with Crippen molar-refractivity contribution in [3.8, 4) is 0 Å². The van der Waals surface area contributed by atoms with Crippen molar-refractivity contribution in [3.63, 3.8) is 0 Å². The largest absolute Gasteiger partial charge is 0.375 e. The molecule has 0 unspecified atom stereocenters. The second-order valence-corrected chi connectivity index (χ2v) is 10.1. The van der Waals surface area contributed by atoms with E-state index in [0.717, 1.165) is 29.2 Å². The molecule has 1 aromatic carbocycles. The molecular weight excluding hydrogens is 508 g/mol. The molecule has 0 aliphatic carbocycles. The smallest absolute Gasteiger partial charge is 0.250 e. The third kappa shape index (κ3) is 5.41. The van der Waals surface area contributed by atoms with E-state index >= 15 is 0 Å². The molecule has 1 amide bonds. The molecule has 1 fully saturated rings. The van der Waals surface area contributed by atoms with Crippen LogP contribution < -0.4 is 15.5 Å². The number of methoxy groups -OCH3 is 1. The van der Waals surface area contributed by atoms with Crippen molar-refractivity contribution < 1.29 is 9.53 Å². The second kappa shape index (κ2) is 11.3. The lowest BCUT2D eigenvalue weighted by atomic mass is 9.96. The highest BCUT2D eigenvalue weighted by Crippen LogP contribution is 2.44. The maximum atomic E-state index is 12.1. The highest BCUT2D eigenvalue weighted by atomic mass is 32.1. The topological polar surface area (TPSA) is 84.3 Å². The number of anilines is 2. The van der Waals surface area contributed by atoms with Gasteiger partial charge in [0.1, 0.15) is 6.61 Å². The highest BCUT2D eigenvalue weighted by molar-refractivity contribution is 7.80. The number of hydrogen-bond acceptors (Lipinski definition) is 5. The SMILES string of the molecule is COCC(=O)Nc1ccc(N2C(=S)N[C@H](c3ccccn3)[C@H]2c2cc(C)n(Cc3ccncc3)c2C)cc1C. The number of aryl methyl sites for hydroxylation is 2. The second-order valence-electron chi connectivity index (χ2n) is 9.75. The lowest BCUT2D eigenvalue weighted by Gasteiger charge is -2.29. The molecule has 0 bridgehead atoms. The van der Waals surface area contributed by atoms with E-state index in [4.69, 9.17) is 17.0 Å². The molecule has 8 nitrogen and oxygen atoms in total. The Kier molecular flexibility index (Phi) is 7.72. The predicted molar refractivity (Wildman–Crippen MR) is 157 cm³/mol. The molecule has 39 heavy (non-hydrogen) atoms. The molecule has 5 rings (SSSR count). The number of thiocarbonyl (C=S) groups is 1. The maximum Gasteiger partial charge on any atom is 0.250 e. The summed E-state index contributed by atoms with van der Waals surface area (Å²) in [5.41, 5.74) is 8.26. The van der Waals surface area contributed by atoms with Crippen LogP contribution in [0.5, 0.6) is 0 Å². The fourth-order valence-corrected chi connectivity index (χ4v) is 5.59. The molecule has 9 heteroatoms. The van der Waals surface area contributed by atoms with Gasteiger partial charge in [-0.1, -0.05) is 6.07 Å². The van der Waals surface area contributed by atoms with Gasteiger partial charge in [0.25, 0.3) is 0 Å². The van der Waals surface area contributed by atoms with E-state index in [1.54, 1.807) is 0 Å². The number of nitrogens with one attached hydrogen (secondary N) is 2. The third-order valence-electron chi connectivity index (χ3n) is 7.16. The number of carbonyl (C=O) groups is 1. The van der Waals surface area contributed by atoms with Gasteiger partial charge in [0.2, 0.25) is 5.91 Å². The molecule has 2 atom stereocenters. The summed E-state index contributed by atoms with van der Waals surface area (Å²) < 4.78 is 7.29. The van der Waals surface area contributed by atoms with Gasteiger partial charge in [-0.2, -0.15) is 0 Å². The van der Waals surface area contributed by atoms with Crippen LogP contribution in [0.4, 0.5) is 11.4 Å². The van der Waals surface area contributed by atoms with E-state index in [0.29, 0.717) is 5.11 Å². The van der Waals surface area contributed by atoms with Crippen LogP contribution in [-0.2, 0) is 16.1 Å². The van der Waals surface area contributed by atoms with Gasteiger partial charge < -0.3 is 24.8 Å². The number of rotatable bonds is 8. The van der Waals surface area contributed by atoms with E-state index in [1.165, 1.54) is 29.6 Å². The van der Waals surface area contributed by atoms with Gasteiger partial charge in [0.05, 0.1) is 17.8 Å². The first-order valence-corrected chi connectivity index (χ1v) is 13.2. The summed E-state index contributed by atoms with van der Waals surface area (Å²) in [4.78, 5) is 23.1. The number of amides is 1. The molecule has 1 saturated heterocycles. The van der Waals surface area contributed by atoms with E-state index in [-0.39, 0.29) is 24.6 Å². The first-order chi connectivity index (χ1) is 18.9. The van der Waals surface area contributed by atoms with E-state index < -0.39 is 0 Å². The minimum Gasteiger partial charge on any atom is -0.375 e. The standard InChI is InChI=1S/C30H32N6O2S/c1-19-15-23(8-9-25(19)33-27(37)18-38-4)36-29(28(34-30(36)39)26-7-5-6-12-32-26)24-16-20(2)35(21(24)3)17-22-10-13-31-14-11-22/h5-16,28-29H,17-18H2,1-4H3,(H,33,37)(H,34,39)/t28-,29-/m1/s1. The Morgan fingerprint density at radius 1 is 1.08 bits per heavy atom. The first-order valence-electron chi connectivity index (χ1n) is 12.8. The molecule has 2 N–H and O–H groups in total. The Hall–Kier alpha value is -4.08. The molecule has 0 spiro atoms. The highest BCUT2D eigenvalue weighted by Gasteiger charge is 2.42. The van der Waals surface area contributed by atoms with Crippen LogP contribution in [-0.4, -0.2) is 39.3 Å². The number of hydrogen-bond donors (Lipinski definition) is 2. The van der Waals surface area contributed by atoms with Crippen molar-refractivity contribution in [1.29, 1.82) is 0 Å². The Morgan fingerprint density at radius 3 is 2.56 bits per heavy atom. The van der Waals surface area contributed by atoms with Gasteiger partial charge in [0, 0.05) is 55.0 Å². The Bertz CT molecular complexity index is 1490. The zero-order valence-corrected chi connectivity index (χ0v) is 23.3. The Balaban J connectivity index is 1.56. The first kappa shape index (κ1) is 26.5. The van der Waals surface area contributed by atoms with Crippen molar-refractivity contribution in [1.82, 2.24) is 19.9 Å². The molecule has 4 aromatic rings. The van der Waals surface area contributed by atoms with Crippen molar-refractivity contribution in [2.24, 2.45) is 0 Å². The van der Waals surface area contributed by atoms with Crippen LogP contribution in [0, 0.1) is 20.8 Å². The van der Waals surface area contributed by atoms with Crippen molar-refractivity contribution in [2.45, 2.75) is 39.4 Å².